The van der Waals surface area contributed by atoms with Crippen LogP contribution in [0, 0.1) is 5.92 Å². The van der Waals surface area contributed by atoms with Crippen LogP contribution in [0.25, 0.3) is 0 Å². The van der Waals surface area contributed by atoms with Crippen LogP contribution in [0.4, 0.5) is 0 Å². The number of carbonyl (C=O) groups is 1. The highest BCUT2D eigenvalue weighted by atomic mass is 16.3. The zero-order chi connectivity index (χ0) is 15.4. The lowest BCUT2D eigenvalue weighted by Gasteiger charge is -2.15. The van der Waals surface area contributed by atoms with Crippen molar-refractivity contribution in [2.24, 2.45) is 5.92 Å². The van der Waals surface area contributed by atoms with Gasteiger partial charge in [-0.1, -0.05) is 35.5 Å². The van der Waals surface area contributed by atoms with Crippen molar-refractivity contribution in [2.45, 2.75) is 31.8 Å². The summed E-state index contributed by atoms with van der Waals surface area (Å²) in [7, 11) is 0. The molecule has 1 aromatic carbocycles. The van der Waals surface area contributed by atoms with Gasteiger partial charge in [0.1, 0.15) is 0 Å². The molecular weight excluding hydrogens is 280 g/mol. The number of rotatable bonds is 7. The average Bonchev–Trinajstić information content (AvgIpc) is 3.27. The van der Waals surface area contributed by atoms with Crippen LogP contribution in [0.5, 0.6) is 0 Å². The number of hydrogen-bond acceptors (Lipinski definition) is 4. The second-order valence-electron chi connectivity index (χ2n) is 5.72. The van der Waals surface area contributed by atoms with Crippen molar-refractivity contribution in [1.29, 1.82) is 0 Å². The van der Waals surface area contributed by atoms with Crippen LogP contribution >= 0.6 is 0 Å². The summed E-state index contributed by atoms with van der Waals surface area (Å²) in [4.78, 5) is 12.2. The van der Waals surface area contributed by atoms with Crippen molar-refractivity contribution >= 4 is 5.91 Å². The van der Waals surface area contributed by atoms with E-state index < -0.39 is 0 Å². The first kappa shape index (κ1) is 14.7. The third-order valence-corrected chi connectivity index (χ3v) is 3.91. The number of nitrogens with one attached hydrogen (secondary N) is 1. The lowest BCUT2D eigenvalue weighted by molar-refractivity contribution is 0.0919. The minimum absolute atomic E-state index is 0.0387. The first-order valence-electron chi connectivity index (χ1n) is 7.62. The Hall–Kier alpha value is -2.21. The van der Waals surface area contributed by atoms with Crippen molar-refractivity contribution in [3.8, 4) is 0 Å². The Morgan fingerprint density at radius 2 is 2.14 bits per heavy atom. The lowest BCUT2D eigenvalue weighted by Crippen LogP contribution is -2.37. The van der Waals surface area contributed by atoms with Gasteiger partial charge in [-0.25, -0.2) is 4.68 Å². The van der Waals surface area contributed by atoms with Gasteiger partial charge in [-0.3, -0.25) is 4.79 Å². The first-order chi connectivity index (χ1) is 10.8. The van der Waals surface area contributed by atoms with Crippen LogP contribution in [0.2, 0.25) is 0 Å². The fourth-order valence-electron chi connectivity index (χ4n) is 2.56. The Labute approximate surface area is 129 Å². The number of carbonyl (C=O) groups excluding carboxylic acids is 1. The van der Waals surface area contributed by atoms with E-state index in [1.807, 2.05) is 30.3 Å². The zero-order valence-corrected chi connectivity index (χ0v) is 12.4. The number of aliphatic hydroxyl groups excluding tert-OH is 1. The van der Waals surface area contributed by atoms with Crippen LogP contribution in [-0.4, -0.2) is 38.7 Å². The number of aromatic nitrogens is 3. The van der Waals surface area contributed by atoms with Crippen LogP contribution in [0.15, 0.2) is 36.5 Å². The van der Waals surface area contributed by atoms with Gasteiger partial charge in [0.25, 0.3) is 5.91 Å². The summed E-state index contributed by atoms with van der Waals surface area (Å²) in [5, 5.41) is 20.0. The summed E-state index contributed by atoms with van der Waals surface area (Å²) in [6.07, 6.45) is 4.48. The Bertz CT molecular complexity index is 622. The van der Waals surface area contributed by atoms with E-state index in [1.165, 1.54) is 0 Å². The van der Waals surface area contributed by atoms with E-state index >= 15 is 0 Å². The van der Waals surface area contributed by atoms with E-state index in [0.29, 0.717) is 24.6 Å². The highest BCUT2D eigenvalue weighted by molar-refractivity contribution is 5.92. The Morgan fingerprint density at radius 3 is 2.82 bits per heavy atom. The molecule has 1 unspecified atom stereocenters. The van der Waals surface area contributed by atoms with Crippen LogP contribution in [0.1, 0.15) is 35.3 Å². The summed E-state index contributed by atoms with van der Waals surface area (Å²) in [6.45, 7) is 0.673. The van der Waals surface area contributed by atoms with Crippen molar-refractivity contribution < 1.29 is 9.90 Å². The molecule has 1 saturated carbocycles. The quantitative estimate of drug-likeness (QED) is 0.805. The molecule has 6 nitrogen and oxygen atoms in total. The average molecular weight is 300 g/mol. The van der Waals surface area contributed by atoms with Gasteiger partial charge in [0, 0.05) is 12.6 Å². The predicted molar refractivity (Wildman–Crippen MR) is 81.2 cm³/mol. The van der Waals surface area contributed by atoms with Crippen molar-refractivity contribution in [1.82, 2.24) is 20.3 Å². The molecule has 1 heterocycles. The smallest absolute Gasteiger partial charge is 0.273 e. The van der Waals surface area contributed by atoms with Gasteiger partial charge in [-0.05, 0) is 30.7 Å². The SMILES string of the molecule is O=C(NC(CCO)C1CC1)c1cn(Cc2ccccc2)nn1. The molecule has 6 heteroatoms. The topological polar surface area (TPSA) is 80.0 Å². The largest absolute Gasteiger partial charge is 0.396 e. The molecule has 0 aliphatic heterocycles. The molecular formula is C16H20N4O2. The molecule has 1 aliphatic rings. The summed E-state index contributed by atoms with van der Waals surface area (Å²) in [5.74, 6) is 0.278. The standard InChI is InChI=1S/C16H20N4O2/c21-9-8-14(13-6-7-13)17-16(22)15-11-20(19-18-15)10-12-4-2-1-3-5-12/h1-5,11,13-14,21H,6-10H2,(H,17,22). The number of aliphatic hydroxyl groups is 1. The van der Waals surface area contributed by atoms with Gasteiger partial charge in [0.15, 0.2) is 5.69 Å². The number of amides is 1. The van der Waals surface area contributed by atoms with E-state index in [9.17, 15) is 4.79 Å². The van der Waals surface area contributed by atoms with Gasteiger partial charge in [-0.2, -0.15) is 0 Å². The van der Waals surface area contributed by atoms with Crippen LogP contribution in [-0.2, 0) is 6.54 Å². The van der Waals surface area contributed by atoms with Crippen molar-refractivity contribution in [3.05, 3.63) is 47.8 Å². The third-order valence-electron chi connectivity index (χ3n) is 3.91. The second kappa shape index (κ2) is 6.70. The minimum Gasteiger partial charge on any atom is -0.396 e. The van der Waals surface area contributed by atoms with Gasteiger partial charge >= 0.3 is 0 Å². The maximum absolute atomic E-state index is 12.2. The predicted octanol–water partition coefficient (Wildman–Crippen LogP) is 1.22. The van der Waals surface area contributed by atoms with Gasteiger partial charge in [0.2, 0.25) is 0 Å². The van der Waals surface area contributed by atoms with Crippen LogP contribution in [0.3, 0.4) is 0 Å². The highest BCUT2D eigenvalue weighted by Crippen LogP contribution is 2.33. The molecule has 22 heavy (non-hydrogen) atoms. The van der Waals surface area contributed by atoms with E-state index in [1.54, 1.807) is 10.9 Å². The normalized spacial score (nSPS) is 15.5. The molecule has 2 N–H and O–H groups in total. The second-order valence-corrected chi connectivity index (χ2v) is 5.72. The molecule has 1 fully saturated rings. The van der Waals surface area contributed by atoms with Gasteiger partial charge in [0.05, 0.1) is 12.7 Å². The highest BCUT2D eigenvalue weighted by Gasteiger charge is 2.32. The lowest BCUT2D eigenvalue weighted by atomic mass is 10.1. The fraction of sp³-hybridized carbons (Fsp3) is 0.438. The molecule has 116 valence electrons. The van der Waals surface area contributed by atoms with Crippen molar-refractivity contribution in [2.75, 3.05) is 6.61 Å². The molecule has 3 rings (SSSR count). The molecule has 1 atom stereocenters. The Balaban J connectivity index is 1.61. The van der Waals surface area contributed by atoms with E-state index in [-0.39, 0.29) is 18.6 Å². The molecule has 0 saturated heterocycles. The molecule has 0 bridgehead atoms. The minimum atomic E-state index is -0.218. The summed E-state index contributed by atoms with van der Waals surface area (Å²) < 4.78 is 1.66. The molecule has 1 amide bonds. The van der Waals surface area contributed by atoms with E-state index in [0.717, 1.165) is 18.4 Å². The monoisotopic (exact) mass is 300 g/mol. The maximum atomic E-state index is 12.2. The zero-order valence-electron chi connectivity index (χ0n) is 12.4. The van der Waals surface area contributed by atoms with Gasteiger partial charge in [-0.15, -0.1) is 5.10 Å². The third kappa shape index (κ3) is 3.71. The number of hydrogen-bond donors (Lipinski definition) is 2. The Morgan fingerprint density at radius 1 is 1.36 bits per heavy atom. The summed E-state index contributed by atoms with van der Waals surface area (Å²) >= 11 is 0. The summed E-state index contributed by atoms with van der Waals surface area (Å²) in [6, 6.07) is 9.95. The molecule has 0 spiro atoms. The number of nitrogens with zero attached hydrogens (tertiary/aromatic N) is 3. The molecule has 2 aromatic rings. The molecule has 0 radical (unpaired) electrons. The number of benzene rings is 1. The summed E-state index contributed by atoms with van der Waals surface area (Å²) in [5.41, 5.74) is 1.43. The first-order valence-corrected chi connectivity index (χ1v) is 7.62. The fourth-order valence-corrected chi connectivity index (χ4v) is 2.56. The molecule has 1 aromatic heterocycles. The van der Waals surface area contributed by atoms with E-state index in [4.69, 9.17) is 5.11 Å². The Kier molecular flexibility index (Phi) is 4.48. The van der Waals surface area contributed by atoms with Crippen molar-refractivity contribution in [3.63, 3.8) is 0 Å². The van der Waals surface area contributed by atoms with Gasteiger partial charge < -0.3 is 10.4 Å². The van der Waals surface area contributed by atoms with E-state index in [2.05, 4.69) is 15.6 Å². The van der Waals surface area contributed by atoms with Crippen LogP contribution < -0.4 is 5.32 Å². The maximum Gasteiger partial charge on any atom is 0.273 e. The molecule has 1 aliphatic carbocycles.